The molecular weight excluding hydrogens is 276 g/mol. The van der Waals surface area contributed by atoms with Crippen LogP contribution in [0.15, 0.2) is 0 Å². The van der Waals surface area contributed by atoms with Crippen molar-refractivity contribution in [1.29, 1.82) is 0 Å². The first kappa shape index (κ1) is 13.8. The predicted octanol–water partition coefficient (Wildman–Crippen LogP) is 0.496. The molecule has 0 spiro atoms. The third-order valence-electron chi connectivity index (χ3n) is 3.33. The summed E-state index contributed by atoms with van der Waals surface area (Å²) in [6.07, 6.45) is 1.08. The Kier molecular flexibility index (Phi) is 3.98. The van der Waals surface area contributed by atoms with E-state index in [9.17, 15) is 18.0 Å². The van der Waals surface area contributed by atoms with Gasteiger partial charge in [-0.1, -0.05) is 11.8 Å². The minimum atomic E-state index is -3.16. The Morgan fingerprint density at radius 1 is 1.28 bits per heavy atom. The standard InChI is InChI=1S/C10H16N2O4S2/c1-2-18(15,16)11-5-3-8(4-6-11)12-9(13)7-17-10(12)14/h8H,2-7H2,1H3. The Morgan fingerprint density at radius 3 is 2.33 bits per heavy atom. The molecule has 2 heterocycles. The lowest BCUT2D eigenvalue weighted by Gasteiger charge is -2.34. The van der Waals surface area contributed by atoms with Crippen LogP contribution in [0.5, 0.6) is 0 Å². The zero-order valence-electron chi connectivity index (χ0n) is 10.2. The van der Waals surface area contributed by atoms with Crippen LogP contribution in [0.4, 0.5) is 4.79 Å². The molecule has 0 atom stereocenters. The lowest BCUT2D eigenvalue weighted by molar-refractivity contribution is -0.126. The Labute approximate surface area is 111 Å². The molecule has 0 aromatic carbocycles. The molecule has 102 valence electrons. The third kappa shape index (κ3) is 2.55. The van der Waals surface area contributed by atoms with Crippen molar-refractivity contribution < 1.29 is 18.0 Å². The van der Waals surface area contributed by atoms with Crippen molar-refractivity contribution in [3.05, 3.63) is 0 Å². The van der Waals surface area contributed by atoms with Crippen molar-refractivity contribution in [2.45, 2.75) is 25.8 Å². The molecule has 0 bridgehead atoms. The lowest BCUT2D eigenvalue weighted by Crippen LogP contribution is -2.48. The van der Waals surface area contributed by atoms with Gasteiger partial charge in [-0.05, 0) is 19.8 Å². The first-order chi connectivity index (χ1) is 8.45. The first-order valence-corrected chi connectivity index (χ1v) is 8.52. The van der Waals surface area contributed by atoms with Gasteiger partial charge in [0.15, 0.2) is 0 Å². The summed E-state index contributed by atoms with van der Waals surface area (Å²) < 4.78 is 24.8. The SMILES string of the molecule is CCS(=O)(=O)N1CCC(N2C(=O)CSC2=O)CC1. The van der Waals surface area contributed by atoms with Crippen LogP contribution in [0, 0.1) is 0 Å². The van der Waals surface area contributed by atoms with Crippen molar-refractivity contribution in [2.75, 3.05) is 24.6 Å². The molecule has 18 heavy (non-hydrogen) atoms. The Bertz CT molecular complexity index is 438. The number of amides is 2. The van der Waals surface area contributed by atoms with Gasteiger partial charge in [-0.2, -0.15) is 0 Å². The zero-order chi connectivity index (χ0) is 13.3. The van der Waals surface area contributed by atoms with E-state index >= 15 is 0 Å². The Balaban J connectivity index is 1.99. The molecule has 0 unspecified atom stereocenters. The van der Waals surface area contributed by atoms with Crippen molar-refractivity contribution in [3.8, 4) is 0 Å². The van der Waals surface area contributed by atoms with Crippen LogP contribution in [-0.2, 0) is 14.8 Å². The summed E-state index contributed by atoms with van der Waals surface area (Å²) in [5.41, 5.74) is 0. The summed E-state index contributed by atoms with van der Waals surface area (Å²) in [4.78, 5) is 24.4. The van der Waals surface area contributed by atoms with Crippen LogP contribution in [0.1, 0.15) is 19.8 Å². The van der Waals surface area contributed by atoms with Gasteiger partial charge in [0.05, 0.1) is 11.5 Å². The van der Waals surface area contributed by atoms with Gasteiger partial charge in [0.2, 0.25) is 15.9 Å². The molecule has 8 heteroatoms. The second-order valence-electron chi connectivity index (χ2n) is 4.35. The molecule has 2 aliphatic rings. The highest BCUT2D eigenvalue weighted by atomic mass is 32.2. The zero-order valence-corrected chi connectivity index (χ0v) is 11.8. The van der Waals surface area contributed by atoms with E-state index in [1.165, 1.54) is 9.21 Å². The molecule has 0 N–H and O–H groups in total. The van der Waals surface area contributed by atoms with E-state index in [0.717, 1.165) is 11.8 Å². The van der Waals surface area contributed by atoms with E-state index in [1.54, 1.807) is 6.92 Å². The van der Waals surface area contributed by atoms with E-state index in [4.69, 9.17) is 0 Å². The summed E-state index contributed by atoms with van der Waals surface area (Å²) >= 11 is 1.02. The van der Waals surface area contributed by atoms with E-state index in [-0.39, 0.29) is 28.7 Å². The molecule has 2 saturated heterocycles. The number of hydrogen-bond donors (Lipinski definition) is 0. The van der Waals surface area contributed by atoms with E-state index in [0.29, 0.717) is 25.9 Å². The number of imide groups is 1. The summed E-state index contributed by atoms with van der Waals surface area (Å²) in [5, 5.41) is -0.197. The summed E-state index contributed by atoms with van der Waals surface area (Å²) in [6.45, 7) is 2.40. The summed E-state index contributed by atoms with van der Waals surface area (Å²) in [5.74, 6) is 0.156. The lowest BCUT2D eigenvalue weighted by atomic mass is 10.1. The minimum Gasteiger partial charge on any atom is -0.273 e. The molecule has 0 aromatic heterocycles. The Hall–Kier alpha value is -0.600. The fourth-order valence-electron chi connectivity index (χ4n) is 2.28. The third-order valence-corrected chi connectivity index (χ3v) is 6.05. The van der Waals surface area contributed by atoms with E-state index in [2.05, 4.69) is 0 Å². The largest absolute Gasteiger partial charge is 0.289 e. The van der Waals surface area contributed by atoms with Crippen LogP contribution in [0.2, 0.25) is 0 Å². The van der Waals surface area contributed by atoms with Crippen molar-refractivity contribution in [1.82, 2.24) is 9.21 Å². The molecule has 2 fully saturated rings. The van der Waals surface area contributed by atoms with Crippen molar-refractivity contribution >= 4 is 32.9 Å². The predicted molar refractivity (Wildman–Crippen MR) is 68.8 cm³/mol. The van der Waals surface area contributed by atoms with E-state index < -0.39 is 10.0 Å². The fourth-order valence-corrected chi connectivity index (χ4v) is 4.19. The van der Waals surface area contributed by atoms with Crippen molar-refractivity contribution in [2.24, 2.45) is 0 Å². The topological polar surface area (TPSA) is 74.8 Å². The molecule has 2 amide bonds. The average Bonchev–Trinajstić information content (AvgIpc) is 2.69. The quantitative estimate of drug-likeness (QED) is 0.757. The summed E-state index contributed by atoms with van der Waals surface area (Å²) in [6, 6.07) is -0.136. The van der Waals surface area contributed by atoms with Crippen molar-refractivity contribution in [3.63, 3.8) is 0 Å². The van der Waals surface area contributed by atoms with Gasteiger partial charge >= 0.3 is 0 Å². The monoisotopic (exact) mass is 292 g/mol. The number of rotatable bonds is 3. The number of thioether (sulfide) groups is 1. The van der Waals surface area contributed by atoms with Gasteiger partial charge in [-0.3, -0.25) is 14.5 Å². The highest BCUT2D eigenvalue weighted by Crippen LogP contribution is 2.27. The highest BCUT2D eigenvalue weighted by molar-refractivity contribution is 8.14. The van der Waals surface area contributed by atoms with Crippen LogP contribution in [0.25, 0.3) is 0 Å². The Morgan fingerprint density at radius 2 is 1.89 bits per heavy atom. The van der Waals surface area contributed by atoms with Crippen LogP contribution < -0.4 is 0 Å². The van der Waals surface area contributed by atoms with Gasteiger partial charge in [0, 0.05) is 19.1 Å². The molecular formula is C10H16N2O4S2. The number of carbonyl (C=O) groups is 2. The number of sulfonamides is 1. The smallest absolute Gasteiger partial charge is 0.273 e. The molecule has 0 saturated carbocycles. The van der Waals surface area contributed by atoms with Crippen LogP contribution in [0.3, 0.4) is 0 Å². The maximum absolute atomic E-state index is 11.7. The van der Waals surface area contributed by atoms with E-state index in [1.807, 2.05) is 0 Å². The second-order valence-corrected chi connectivity index (χ2v) is 7.53. The second kappa shape index (κ2) is 5.18. The average molecular weight is 292 g/mol. The van der Waals surface area contributed by atoms with Gasteiger partial charge in [0.25, 0.3) is 5.24 Å². The maximum atomic E-state index is 11.7. The molecule has 2 rings (SSSR count). The molecule has 0 aliphatic carbocycles. The van der Waals surface area contributed by atoms with Gasteiger partial charge in [0.1, 0.15) is 0 Å². The van der Waals surface area contributed by atoms with Crippen LogP contribution in [-0.4, -0.2) is 59.4 Å². The van der Waals surface area contributed by atoms with Gasteiger partial charge in [-0.25, -0.2) is 12.7 Å². The molecule has 0 aromatic rings. The number of hydrogen-bond acceptors (Lipinski definition) is 5. The molecule has 0 radical (unpaired) electrons. The van der Waals surface area contributed by atoms with Gasteiger partial charge < -0.3 is 0 Å². The highest BCUT2D eigenvalue weighted by Gasteiger charge is 2.38. The molecule has 6 nitrogen and oxygen atoms in total. The van der Waals surface area contributed by atoms with Gasteiger partial charge in [-0.15, -0.1) is 0 Å². The fraction of sp³-hybridized carbons (Fsp3) is 0.800. The number of nitrogens with zero attached hydrogens (tertiary/aromatic N) is 2. The minimum absolute atomic E-state index is 0.0924. The maximum Gasteiger partial charge on any atom is 0.289 e. The van der Waals surface area contributed by atoms with Crippen LogP contribution >= 0.6 is 11.8 Å². The normalized spacial score (nSPS) is 23.9. The molecule has 2 aliphatic heterocycles. The number of piperidine rings is 1. The number of carbonyl (C=O) groups excluding carboxylic acids is 2. The first-order valence-electron chi connectivity index (χ1n) is 5.92. The summed E-state index contributed by atoms with van der Waals surface area (Å²) in [7, 11) is -3.16.